The van der Waals surface area contributed by atoms with Crippen molar-refractivity contribution in [3.8, 4) is 0 Å². The van der Waals surface area contributed by atoms with Gasteiger partial charge in [-0.05, 0) is 67.3 Å². The average Bonchev–Trinajstić information content (AvgIpc) is 3.53. The van der Waals surface area contributed by atoms with Gasteiger partial charge in [-0.3, -0.25) is 9.59 Å². The maximum atomic E-state index is 12.8. The van der Waals surface area contributed by atoms with Crippen molar-refractivity contribution in [1.29, 1.82) is 0 Å². The molecule has 5 heteroatoms. The Hall–Kier alpha value is -3.08. The topological polar surface area (TPSA) is 65.2 Å². The smallest absolute Gasteiger partial charge is 0.251 e. The van der Waals surface area contributed by atoms with Crippen molar-refractivity contribution in [3.05, 3.63) is 71.4 Å². The lowest BCUT2D eigenvalue weighted by Gasteiger charge is -2.32. The number of nitrogens with one attached hydrogen (secondary N) is 2. The molecule has 160 valence electrons. The van der Waals surface area contributed by atoms with Gasteiger partial charge in [-0.1, -0.05) is 30.3 Å². The Morgan fingerprint density at radius 1 is 0.968 bits per heavy atom. The Labute approximate surface area is 182 Å². The highest BCUT2D eigenvalue weighted by atomic mass is 16.2. The van der Waals surface area contributed by atoms with Crippen LogP contribution in [0.4, 0.5) is 0 Å². The van der Waals surface area contributed by atoms with E-state index < -0.39 is 0 Å². The maximum absolute atomic E-state index is 12.8. The van der Waals surface area contributed by atoms with E-state index in [1.165, 1.54) is 5.56 Å². The number of carbonyl (C=O) groups is 2. The summed E-state index contributed by atoms with van der Waals surface area (Å²) in [6.45, 7) is 1.65. The van der Waals surface area contributed by atoms with Crippen molar-refractivity contribution in [2.45, 2.75) is 44.6 Å². The van der Waals surface area contributed by atoms with E-state index >= 15 is 0 Å². The molecule has 0 atom stereocenters. The third kappa shape index (κ3) is 4.66. The third-order valence-electron chi connectivity index (χ3n) is 6.64. The van der Waals surface area contributed by atoms with Crippen LogP contribution in [-0.2, 0) is 17.6 Å². The first-order chi connectivity index (χ1) is 15.2. The molecule has 1 saturated heterocycles. The molecule has 0 unspecified atom stereocenters. The van der Waals surface area contributed by atoms with E-state index in [-0.39, 0.29) is 11.8 Å². The molecule has 1 aromatic heterocycles. The minimum absolute atomic E-state index is 0.0380. The number of piperidine rings is 1. The number of nitrogens with zero attached hydrogens (tertiary/aromatic N) is 1. The van der Waals surface area contributed by atoms with Crippen molar-refractivity contribution >= 4 is 22.7 Å². The summed E-state index contributed by atoms with van der Waals surface area (Å²) in [7, 11) is 0. The second-order valence-corrected chi connectivity index (χ2v) is 9.01. The van der Waals surface area contributed by atoms with Crippen LogP contribution in [0.2, 0.25) is 0 Å². The number of para-hydroxylation sites is 1. The van der Waals surface area contributed by atoms with Crippen LogP contribution in [0.3, 0.4) is 0 Å². The highest BCUT2D eigenvalue weighted by Crippen LogP contribution is 2.24. The average molecular weight is 416 g/mol. The molecule has 2 N–H and O–H groups in total. The largest absolute Gasteiger partial charge is 0.361 e. The minimum Gasteiger partial charge on any atom is -0.361 e. The van der Waals surface area contributed by atoms with Crippen molar-refractivity contribution in [2.24, 2.45) is 5.92 Å². The fraction of sp³-hybridized carbons (Fsp3) is 0.385. The van der Waals surface area contributed by atoms with Crippen LogP contribution in [-0.4, -0.2) is 40.8 Å². The number of carbonyl (C=O) groups excluding carboxylic acids is 2. The lowest BCUT2D eigenvalue weighted by Crippen LogP contribution is -2.39. The number of rotatable bonds is 6. The number of amides is 2. The number of hydrogen-bond acceptors (Lipinski definition) is 2. The quantitative estimate of drug-likeness (QED) is 0.637. The van der Waals surface area contributed by atoms with Crippen LogP contribution in [0.25, 0.3) is 10.9 Å². The van der Waals surface area contributed by atoms with E-state index in [2.05, 4.69) is 28.5 Å². The minimum atomic E-state index is 0.0380. The van der Waals surface area contributed by atoms with Crippen LogP contribution >= 0.6 is 0 Å². The number of aromatic amines is 1. The summed E-state index contributed by atoms with van der Waals surface area (Å²) in [5.41, 5.74) is 4.17. The predicted molar refractivity (Wildman–Crippen MR) is 122 cm³/mol. The predicted octanol–water partition coefficient (Wildman–Crippen LogP) is 4.08. The summed E-state index contributed by atoms with van der Waals surface area (Å²) in [6, 6.07) is 16.6. The number of H-pyrrole nitrogens is 1. The van der Waals surface area contributed by atoms with Gasteiger partial charge in [0.25, 0.3) is 5.91 Å². The number of benzene rings is 2. The molecule has 0 radical (unpaired) electrons. The molecule has 1 saturated carbocycles. The second-order valence-electron chi connectivity index (χ2n) is 9.01. The second kappa shape index (κ2) is 8.58. The molecule has 3 aromatic rings. The molecule has 1 aliphatic carbocycles. The van der Waals surface area contributed by atoms with Gasteiger partial charge < -0.3 is 15.2 Å². The fourth-order valence-corrected chi connectivity index (χ4v) is 4.56. The molecule has 2 amide bonds. The monoisotopic (exact) mass is 415 g/mol. The van der Waals surface area contributed by atoms with E-state index in [9.17, 15) is 9.59 Å². The van der Waals surface area contributed by atoms with Crippen LogP contribution in [0.1, 0.15) is 47.2 Å². The van der Waals surface area contributed by atoms with E-state index in [0.29, 0.717) is 18.4 Å². The summed E-state index contributed by atoms with van der Waals surface area (Å²) in [6.07, 6.45) is 7.70. The van der Waals surface area contributed by atoms with Gasteiger partial charge in [-0.15, -0.1) is 0 Å². The standard InChI is InChI=1S/C26H29N3O2/c30-25(16-21-17-27-24-4-2-1-3-23(21)24)29-13-11-19(12-14-29)15-18-5-7-20(8-6-18)26(31)28-22-9-10-22/h1-8,17,19,22,27H,9-16H2,(H,28,31). The van der Waals surface area contributed by atoms with Crippen molar-refractivity contribution in [1.82, 2.24) is 15.2 Å². The summed E-state index contributed by atoms with van der Waals surface area (Å²) in [5.74, 6) is 0.841. The first kappa shape index (κ1) is 19.9. The van der Waals surface area contributed by atoms with Gasteiger partial charge >= 0.3 is 0 Å². The van der Waals surface area contributed by atoms with Gasteiger partial charge in [0.1, 0.15) is 0 Å². The Morgan fingerprint density at radius 3 is 2.45 bits per heavy atom. The third-order valence-corrected chi connectivity index (χ3v) is 6.64. The van der Waals surface area contributed by atoms with Gasteiger partial charge in [0.05, 0.1) is 6.42 Å². The maximum Gasteiger partial charge on any atom is 0.251 e. The molecule has 5 rings (SSSR count). The molecule has 31 heavy (non-hydrogen) atoms. The molecule has 1 aliphatic heterocycles. The molecular formula is C26H29N3O2. The zero-order chi connectivity index (χ0) is 21.2. The van der Waals surface area contributed by atoms with Crippen LogP contribution < -0.4 is 5.32 Å². The SMILES string of the molecule is O=C(NC1CC1)c1ccc(CC2CCN(C(=O)Cc3c[nH]c4ccccc34)CC2)cc1. The molecule has 5 nitrogen and oxygen atoms in total. The number of fused-ring (bicyclic) bond motifs is 1. The van der Waals surface area contributed by atoms with Gasteiger partial charge in [0, 0.05) is 41.8 Å². The van der Waals surface area contributed by atoms with Gasteiger partial charge in [-0.2, -0.15) is 0 Å². The summed E-state index contributed by atoms with van der Waals surface area (Å²) < 4.78 is 0. The lowest BCUT2D eigenvalue weighted by molar-refractivity contribution is -0.131. The van der Waals surface area contributed by atoms with E-state index in [4.69, 9.17) is 0 Å². The zero-order valence-corrected chi connectivity index (χ0v) is 17.8. The summed E-state index contributed by atoms with van der Waals surface area (Å²) in [4.78, 5) is 30.2. The highest BCUT2D eigenvalue weighted by molar-refractivity contribution is 5.94. The number of hydrogen-bond donors (Lipinski definition) is 2. The fourth-order valence-electron chi connectivity index (χ4n) is 4.56. The van der Waals surface area contributed by atoms with Crippen molar-refractivity contribution < 1.29 is 9.59 Å². The number of aromatic nitrogens is 1. The van der Waals surface area contributed by atoms with Crippen molar-refractivity contribution in [3.63, 3.8) is 0 Å². The van der Waals surface area contributed by atoms with Crippen LogP contribution in [0.5, 0.6) is 0 Å². The molecule has 2 aliphatic rings. The highest BCUT2D eigenvalue weighted by Gasteiger charge is 2.25. The Morgan fingerprint density at radius 2 is 1.71 bits per heavy atom. The van der Waals surface area contributed by atoms with E-state index in [1.807, 2.05) is 41.4 Å². The van der Waals surface area contributed by atoms with Crippen LogP contribution in [0.15, 0.2) is 54.7 Å². The normalized spacial score (nSPS) is 17.1. The van der Waals surface area contributed by atoms with E-state index in [1.54, 1.807) is 0 Å². The Kier molecular flexibility index (Phi) is 5.49. The first-order valence-corrected chi connectivity index (χ1v) is 11.4. The molecule has 2 fully saturated rings. The molecule has 0 spiro atoms. The van der Waals surface area contributed by atoms with Gasteiger partial charge in [-0.25, -0.2) is 0 Å². The van der Waals surface area contributed by atoms with Gasteiger partial charge in [0.2, 0.25) is 5.91 Å². The Bertz CT molecular complexity index is 1070. The summed E-state index contributed by atoms with van der Waals surface area (Å²) in [5, 5.41) is 4.17. The first-order valence-electron chi connectivity index (χ1n) is 11.4. The number of likely N-dealkylation sites (tertiary alicyclic amines) is 1. The lowest BCUT2D eigenvalue weighted by atomic mass is 9.89. The molecule has 2 aromatic carbocycles. The molecule has 0 bridgehead atoms. The summed E-state index contributed by atoms with van der Waals surface area (Å²) >= 11 is 0. The Balaban J connectivity index is 1.11. The molecule has 2 heterocycles. The van der Waals surface area contributed by atoms with E-state index in [0.717, 1.165) is 67.2 Å². The van der Waals surface area contributed by atoms with Crippen LogP contribution in [0, 0.1) is 5.92 Å². The zero-order valence-electron chi connectivity index (χ0n) is 17.8. The van der Waals surface area contributed by atoms with Crippen molar-refractivity contribution in [2.75, 3.05) is 13.1 Å². The van der Waals surface area contributed by atoms with Gasteiger partial charge in [0.15, 0.2) is 0 Å². The molecular weight excluding hydrogens is 386 g/mol.